The summed E-state index contributed by atoms with van der Waals surface area (Å²) in [6.45, 7) is 0. The number of hydrogen-bond donors (Lipinski definition) is 3. The molecule has 0 saturated heterocycles. The average molecular weight is 414 g/mol. The summed E-state index contributed by atoms with van der Waals surface area (Å²) in [7, 11) is 0. The van der Waals surface area contributed by atoms with E-state index in [1.54, 1.807) is 23.6 Å². The molecule has 2 amide bonds. The fourth-order valence-corrected chi connectivity index (χ4v) is 4.26. The van der Waals surface area contributed by atoms with E-state index >= 15 is 0 Å². The highest BCUT2D eigenvalue weighted by atomic mass is 32.1. The maximum absolute atomic E-state index is 12.4. The molecule has 8 nitrogen and oxygen atoms in total. The van der Waals surface area contributed by atoms with Crippen LogP contribution in [0.3, 0.4) is 0 Å². The van der Waals surface area contributed by atoms with E-state index in [-0.39, 0.29) is 0 Å². The molecule has 3 heterocycles. The van der Waals surface area contributed by atoms with E-state index in [1.165, 1.54) is 23.4 Å². The van der Waals surface area contributed by atoms with Crippen molar-refractivity contribution in [2.45, 2.75) is 0 Å². The van der Waals surface area contributed by atoms with Crippen LogP contribution < -0.4 is 10.6 Å². The summed E-state index contributed by atoms with van der Waals surface area (Å²) in [5.41, 5.74) is 2.61. The van der Waals surface area contributed by atoms with Crippen LogP contribution in [0.1, 0.15) is 0 Å². The highest BCUT2D eigenvalue weighted by Crippen LogP contribution is 2.38. The summed E-state index contributed by atoms with van der Waals surface area (Å²) >= 11 is 1.65. The second kappa shape index (κ2) is 7.37. The zero-order valence-electron chi connectivity index (χ0n) is 15.4. The fraction of sp³-hybridized carbons (Fsp3) is 0. The minimum atomic E-state index is -0.805. The van der Waals surface area contributed by atoms with Gasteiger partial charge in [-0.3, -0.25) is 14.7 Å². The molecule has 3 aromatic heterocycles. The predicted octanol–water partition coefficient (Wildman–Crippen LogP) is 3.81. The molecular formula is C21H14N6O2S. The van der Waals surface area contributed by atoms with Crippen molar-refractivity contribution in [3.8, 4) is 10.4 Å². The summed E-state index contributed by atoms with van der Waals surface area (Å²) in [5.74, 6) is -1.59. The maximum Gasteiger partial charge on any atom is 0.314 e. The van der Waals surface area contributed by atoms with Crippen molar-refractivity contribution >= 4 is 55.5 Å². The highest BCUT2D eigenvalue weighted by Gasteiger charge is 2.17. The van der Waals surface area contributed by atoms with Crippen LogP contribution in [0.2, 0.25) is 0 Å². The van der Waals surface area contributed by atoms with Crippen LogP contribution >= 0.6 is 11.3 Å². The summed E-state index contributed by atoms with van der Waals surface area (Å²) in [6.07, 6.45) is 5.85. The van der Waals surface area contributed by atoms with Crippen LogP contribution in [-0.4, -0.2) is 32.0 Å². The van der Waals surface area contributed by atoms with E-state index in [9.17, 15) is 9.59 Å². The largest absolute Gasteiger partial charge is 0.318 e. The SMILES string of the molecule is O=C(Nc1cncnc1)C(=O)Nc1cc(-c2cc3ccccc3s2)c2[nH]ncc2c1. The van der Waals surface area contributed by atoms with Gasteiger partial charge in [0.1, 0.15) is 6.33 Å². The van der Waals surface area contributed by atoms with Gasteiger partial charge in [0, 0.05) is 26.2 Å². The zero-order valence-corrected chi connectivity index (χ0v) is 16.2. The molecule has 3 N–H and O–H groups in total. The Morgan fingerprint density at radius 2 is 1.63 bits per heavy atom. The molecule has 146 valence electrons. The van der Waals surface area contributed by atoms with E-state index in [4.69, 9.17) is 0 Å². The van der Waals surface area contributed by atoms with E-state index in [2.05, 4.69) is 49.0 Å². The Morgan fingerprint density at radius 1 is 0.867 bits per heavy atom. The van der Waals surface area contributed by atoms with Gasteiger partial charge in [0.15, 0.2) is 0 Å². The van der Waals surface area contributed by atoms with Crippen LogP contribution in [-0.2, 0) is 9.59 Å². The molecule has 5 aromatic rings. The molecule has 30 heavy (non-hydrogen) atoms. The Balaban J connectivity index is 1.46. The number of benzene rings is 2. The normalized spacial score (nSPS) is 10.9. The smallest absolute Gasteiger partial charge is 0.314 e. The molecule has 0 radical (unpaired) electrons. The number of carbonyl (C=O) groups excluding carboxylic acids is 2. The van der Waals surface area contributed by atoms with Crippen molar-refractivity contribution in [1.82, 2.24) is 20.2 Å². The summed E-state index contributed by atoms with van der Waals surface area (Å²) in [4.78, 5) is 33.2. The molecule has 0 spiro atoms. The lowest BCUT2D eigenvalue weighted by molar-refractivity contribution is -0.133. The average Bonchev–Trinajstić information content (AvgIpc) is 3.40. The molecule has 0 bridgehead atoms. The number of amides is 2. The van der Waals surface area contributed by atoms with Gasteiger partial charge in [-0.2, -0.15) is 5.10 Å². The second-order valence-electron chi connectivity index (χ2n) is 6.54. The lowest BCUT2D eigenvalue weighted by Gasteiger charge is -2.08. The quantitative estimate of drug-likeness (QED) is 0.389. The Bertz CT molecular complexity index is 1360. The third kappa shape index (κ3) is 3.38. The molecular weight excluding hydrogens is 400 g/mol. The first-order valence-corrected chi connectivity index (χ1v) is 9.82. The van der Waals surface area contributed by atoms with E-state index in [0.29, 0.717) is 11.4 Å². The number of fused-ring (bicyclic) bond motifs is 2. The number of hydrogen-bond acceptors (Lipinski definition) is 6. The van der Waals surface area contributed by atoms with Gasteiger partial charge in [0.2, 0.25) is 0 Å². The Morgan fingerprint density at radius 3 is 2.43 bits per heavy atom. The number of nitrogens with one attached hydrogen (secondary N) is 3. The first-order chi connectivity index (χ1) is 14.7. The standard InChI is InChI=1S/C21H14N6O2S/c28-20(21(29)26-15-9-22-11-23-10-15)25-14-5-13-8-24-27-19(13)16(7-14)18-6-12-3-1-2-4-17(12)30-18/h1-11H,(H,24,27)(H,25,28)(H,26,29). The molecule has 2 aromatic carbocycles. The molecule has 0 saturated carbocycles. The topological polar surface area (TPSA) is 113 Å². The number of carbonyl (C=O) groups is 2. The van der Waals surface area contributed by atoms with Crippen molar-refractivity contribution in [2.75, 3.05) is 10.6 Å². The van der Waals surface area contributed by atoms with E-state index in [0.717, 1.165) is 26.7 Å². The number of anilines is 2. The maximum atomic E-state index is 12.4. The first kappa shape index (κ1) is 18.0. The molecule has 0 fully saturated rings. The number of H-pyrrole nitrogens is 1. The summed E-state index contributed by atoms with van der Waals surface area (Å²) in [6, 6.07) is 13.8. The number of nitrogens with zero attached hydrogens (tertiary/aromatic N) is 3. The van der Waals surface area contributed by atoms with Crippen LogP contribution in [0.25, 0.3) is 31.4 Å². The molecule has 0 aliphatic heterocycles. The van der Waals surface area contributed by atoms with Gasteiger partial charge in [0.25, 0.3) is 0 Å². The third-order valence-corrected chi connectivity index (χ3v) is 5.67. The molecule has 9 heteroatoms. The van der Waals surface area contributed by atoms with Crippen molar-refractivity contribution in [3.63, 3.8) is 0 Å². The molecule has 5 rings (SSSR count). The van der Waals surface area contributed by atoms with Crippen LogP contribution in [0.4, 0.5) is 11.4 Å². The minimum Gasteiger partial charge on any atom is -0.318 e. The van der Waals surface area contributed by atoms with Crippen LogP contribution in [0, 0.1) is 0 Å². The minimum absolute atomic E-state index is 0.342. The predicted molar refractivity (Wildman–Crippen MR) is 116 cm³/mol. The zero-order chi connectivity index (χ0) is 20.5. The molecule has 0 aliphatic carbocycles. The van der Waals surface area contributed by atoms with Gasteiger partial charge in [-0.1, -0.05) is 18.2 Å². The lowest BCUT2D eigenvalue weighted by Crippen LogP contribution is -2.29. The van der Waals surface area contributed by atoms with Gasteiger partial charge < -0.3 is 10.6 Å². The second-order valence-corrected chi connectivity index (χ2v) is 7.63. The number of rotatable bonds is 3. The fourth-order valence-electron chi connectivity index (χ4n) is 3.18. The van der Waals surface area contributed by atoms with Crippen LogP contribution in [0.5, 0.6) is 0 Å². The number of thiophene rings is 1. The van der Waals surface area contributed by atoms with E-state index in [1.807, 2.05) is 18.2 Å². The number of aromatic nitrogens is 4. The highest BCUT2D eigenvalue weighted by molar-refractivity contribution is 7.22. The van der Waals surface area contributed by atoms with Crippen LogP contribution in [0.15, 0.2) is 67.4 Å². The van der Waals surface area contributed by atoms with Gasteiger partial charge in [-0.05, 0) is 29.7 Å². The summed E-state index contributed by atoms with van der Waals surface area (Å²) in [5, 5.41) is 14.2. The Labute approximate surface area is 174 Å². The van der Waals surface area contributed by atoms with Gasteiger partial charge >= 0.3 is 11.8 Å². The lowest BCUT2D eigenvalue weighted by atomic mass is 10.1. The number of aromatic amines is 1. The van der Waals surface area contributed by atoms with Gasteiger partial charge in [0.05, 0.1) is 29.8 Å². The monoisotopic (exact) mass is 414 g/mol. The van der Waals surface area contributed by atoms with Crippen molar-refractivity contribution in [3.05, 3.63) is 67.4 Å². The van der Waals surface area contributed by atoms with Gasteiger partial charge in [-0.25, -0.2) is 9.97 Å². The Hall–Kier alpha value is -4.11. The molecule has 0 unspecified atom stereocenters. The van der Waals surface area contributed by atoms with Crippen molar-refractivity contribution in [1.29, 1.82) is 0 Å². The first-order valence-electron chi connectivity index (χ1n) is 9.01. The van der Waals surface area contributed by atoms with Crippen molar-refractivity contribution in [2.24, 2.45) is 0 Å². The van der Waals surface area contributed by atoms with E-state index < -0.39 is 11.8 Å². The van der Waals surface area contributed by atoms with Crippen molar-refractivity contribution < 1.29 is 9.59 Å². The molecule has 0 atom stereocenters. The molecule has 0 aliphatic rings. The van der Waals surface area contributed by atoms with Gasteiger partial charge in [-0.15, -0.1) is 11.3 Å². The summed E-state index contributed by atoms with van der Waals surface area (Å²) < 4.78 is 1.17. The Kier molecular flexibility index (Phi) is 4.41. The third-order valence-electron chi connectivity index (χ3n) is 4.52.